The highest BCUT2D eigenvalue weighted by Crippen LogP contribution is 2.82. The van der Waals surface area contributed by atoms with Crippen LogP contribution in [0.15, 0.2) is 0 Å². The van der Waals surface area contributed by atoms with Gasteiger partial charge in [0.1, 0.15) is 0 Å². The minimum Gasteiger partial charge on any atom is -0.229 e. The van der Waals surface area contributed by atoms with Crippen molar-refractivity contribution in [2.45, 2.75) is 57.2 Å². The molecular weight excluding hydrogens is 498 g/mol. The molecule has 8 atom stereocenters. The number of fused-ring (bicyclic) bond motifs is 1. The zero-order chi connectivity index (χ0) is 23.0. The van der Waals surface area contributed by atoms with Crippen molar-refractivity contribution in [3.63, 3.8) is 0 Å². The Morgan fingerprint density at radius 1 is 0.286 bits per heavy atom. The van der Waals surface area contributed by atoms with Crippen LogP contribution in [0.25, 0.3) is 0 Å². The Bertz CT molecular complexity index is 599. The summed E-state index contributed by atoms with van der Waals surface area (Å²) in [7, 11) is -1.25. The number of hydrogen-bond donors (Lipinski definition) is 0. The first-order valence-corrected chi connectivity index (χ1v) is 8.18. The molecule has 18 heteroatoms. The Labute approximate surface area is 151 Å². The maximum Gasteiger partial charge on any atom is 0.356 e. The molecular formula is C10H6F15P3. The third-order valence-electron chi connectivity index (χ3n) is 4.95. The molecule has 28 heavy (non-hydrogen) atoms. The number of halogens is 15. The Kier molecular flexibility index (Phi) is 4.52. The van der Waals surface area contributed by atoms with Crippen molar-refractivity contribution in [3.8, 4) is 0 Å². The van der Waals surface area contributed by atoms with E-state index in [9.17, 15) is 65.9 Å². The van der Waals surface area contributed by atoms with Crippen molar-refractivity contribution in [1.29, 1.82) is 0 Å². The largest absolute Gasteiger partial charge is 0.356 e. The van der Waals surface area contributed by atoms with Crippen LogP contribution in [0, 0.1) is 0 Å². The Morgan fingerprint density at radius 2 is 0.571 bits per heavy atom. The van der Waals surface area contributed by atoms with Crippen molar-refractivity contribution in [2.75, 3.05) is 0 Å². The molecule has 166 valence electrons. The predicted molar refractivity (Wildman–Crippen MR) is 73.1 cm³/mol. The molecule has 8 unspecified atom stereocenters. The Balaban J connectivity index is 3.23. The van der Waals surface area contributed by atoms with Gasteiger partial charge >= 0.3 is 29.6 Å². The van der Waals surface area contributed by atoms with Gasteiger partial charge in [0.15, 0.2) is 0 Å². The van der Waals surface area contributed by atoms with E-state index < -0.39 is 75.7 Å². The molecule has 0 aliphatic heterocycles. The molecule has 0 nitrogen and oxygen atoms in total. The van der Waals surface area contributed by atoms with Crippen LogP contribution < -0.4 is 0 Å². The molecule has 0 amide bonds. The number of hydrogen-bond acceptors (Lipinski definition) is 0. The maximum absolute atomic E-state index is 14.8. The first-order valence-electron chi connectivity index (χ1n) is 6.45. The van der Waals surface area contributed by atoms with Crippen molar-refractivity contribution < 1.29 is 65.9 Å². The van der Waals surface area contributed by atoms with E-state index in [1.54, 1.807) is 0 Å². The topological polar surface area (TPSA) is 0 Å². The molecule has 0 saturated heterocycles. The summed E-state index contributed by atoms with van der Waals surface area (Å²) in [6, 6.07) is 0. The van der Waals surface area contributed by atoms with Gasteiger partial charge in [-0.2, -0.15) is 43.9 Å². The van der Waals surface area contributed by atoms with Gasteiger partial charge in [-0.05, 0) is 0 Å². The third-order valence-corrected chi connectivity index (χ3v) is 7.16. The highest BCUT2D eigenvalue weighted by Gasteiger charge is 3.11. The minimum absolute atomic E-state index is 0.347. The summed E-state index contributed by atoms with van der Waals surface area (Å²) in [4.78, 5) is 0. The van der Waals surface area contributed by atoms with Crippen LogP contribution in [0.3, 0.4) is 0 Å². The van der Waals surface area contributed by atoms with E-state index >= 15 is 0 Å². The van der Waals surface area contributed by atoms with Gasteiger partial charge in [-0.3, -0.25) is 0 Å². The van der Waals surface area contributed by atoms with Gasteiger partial charge in [0.2, 0.25) is 5.41 Å². The Morgan fingerprint density at radius 3 is 0.893 bits per heavy atom. The smallest absolute Gasteiger partial charge is 0.229 e. The van der Waals surface area contributed by atoms with Gasteiger partial charge in [0, 0.05) is 0 Å². The van der Waals surface area contributed by atoms with Crippen LogP contribution in [0.5, 0.6) is 0 Å². The monoisotopic (exact) mass is 504 g/mol. The lowest BCUT2D eigenvalue weighted by Gasteiger charge is -2.66. The fourth-order valence-electron chi connectivity index (χ4n) is 3.15. The van der Waals surface area contributed by atoms with Crippen molar-refractivity contribution in [2.24, 2.45) is 0 Å². The summed E-state index contributed by atoms with van der Waals surface area (Å²) >= 11 is 0. The molecule has 0 aromatic carbocycles. The van der Waals surface area contributed by atoms with Crippen LogP contribution >= 0.6 is 27.7 Å². The highest BCUT2D eigenvalue weighted by molar-refractivity contribution is 7.21. The molecule has 0 bridgehead atoms. The fraction of sp³-hybridized carbons (Fsp3) is 1.00. The van der Waals surface area contributed by atoms with Crippen molar-refractivity contribution >= 4 is 27.7 Å². The van der Waals surface area contributed by atoms with E-state index in [1.807, 2.05) is 0 Å². The quantitative estimate of drug-likeness (QED) is 0.314. The summed E-state index contributed by atoms with van der Waals surface area (Å²) in [5.74, 6) is -36.5. The lowest BCUT2D eigenvalue weighted by atomic mass is 9.55. The van der Waals surface area contributed by atoms with Gasteiger partial charge in [0.25, 0.3) is 22.2 Å². The van der Waals surface area contributed by atoms with Crippen LogP contribution in [0.1, 0.15) is 0 Å². The maximum atomic E-state index is 14.8. The summed E-state index contributed by atoms with van der Waals surface area (Å²) < 4.78 is 212. The average molecular weight is 504 g/mol. The Hall–Kier alpha value is 0.240. The number of rotatable bonds is 0. The SMILES string of the molecule is FC1(F)C(F)(F)C2(F)C(F)(P)C(F)(F)C(F)(P)C(F)(F)C2(F)C(F)(F)C1(F)P. The molecule has 0 aromatic rings. The summed E-state index contributed by atoms with van der Waals surface area (Å²) in [5.41, 5.74) is -15.1. The van der Waals surface area contributed by atoms with Gasteiger partial charge in [-0.1, -0.05) is 27.7 Å². The highest BCUT2D eigenvalue weighted by atomic mass is 31.0. The molecule has 0 aromatic heterocycles. The van der Waals surface area contributed by atoms with Crippen LogP contribution in [-0.4, -0.2) is 57.2 Å². The van der Waals surface area contributed by atoms with Crippen LogP contribution in [0.4, 0.5) is 65.9 Å². The molecule has 2 rings (SSSR count). The zero-order valence-corrected chi connectivity index (χ0v) is 15.9. The van der Waals surface area contributed by atoms with Crippen molar-refractivity contribution in [3.05, 3.63) is 0 Å². The third kappa shape index (κ3) is 1.70. The molecule has 0 radical (unpaired) electrons. The molecule has 2 aliphatic rings. The van der Waals surface area contributed by atoms with Gasteiger partial charge in [-0.15, -0.1) is 0 Å². The van der Waals surface area contributed by atoms with E-state index in [2.05, 4.69) is 0 Å². The van der Waals surface area contributed by atoms with Crippen molar-refractivity contribution in [1.82, 2.24) is 0 Å². The molecule has 0 spiro atoms. The number of alkyl halides is 15. The second kappa shape index (κ2) is 5.17. The standard InChI is InChI=1S/C10H6F15P3/c11-1-2(12,3(13,14)6(19,20)9(24,27)4(1,15)16)8(23,26)7(21,22)10(25,28)5(1,17)18/h26-28H2. The zero-order valence-electron chi connectivity index (χ0n) is 12.4. The molecule has 0 N–H and O–H groups in total. The van der Waals surface area contributed by atoms with E-state index in [0.717, 1.165) is 0 Å². The molecule has 2 aliphatic carbocycles. The van der Waals surface area contributed by atoms with Gasteiger partial charge in [-0.25, -0.2) is 22.0 Å². The first-order chi connectivity index (χ1) is 11.8. The lowest BCUT2D eigenvalue weighted by molar-refractivity contribution is -0.493. The second-order valence-corrected chi connectivity index (χ2v) is 8.71. The predicted octanol–water partition coefficient (Wildman–Crippen LogP) is 5.23. The lowest BCUT2D eigenvalue weighted by Crippen LogP contribution is -2.97. The van der Waals surface area contributed by atoms with E-state index in [0.29, 0.717) is 0 Å². The molecule has 2 fully saturated rings. The first kappa shape index (κ1) is 24.5. The van der Waals surface area contributed by atoms with E-state index in [1.165, 1.54) is 0 Å². The van der Waals surface area contributed by atoms with Crippen LogP contribution in [-0.2, 0) is 0 Å². The van der Waals surface area contributed by atoms with Crippen LogP contribution in [0.2, 0.25) is 0 Å². The summed E-state index contributed by atoms with van der Waals surface area (Å²) in [6.07, 6.45) is 0. The van der Waals surface area contributed by atoms with Gasteiger partial charge in [0.05, 0.1) is 0 Å². The summed E-state index contributed by atoms with van der Waals surface area (Å²) in [5, 5.41) is -19.3. The molecule has 0 heterocycles. The fourth-order valence-corrected chi connectivity index (χ4v) is 4.69. The van der Waals surface area contributed by atoms with Gasteiger partial charge < -0.3 is 0 Å². The minimum atomic E-state index is -7.61. The van der Waals surface area contributed by atoms with E-state index in [4.69, 9.17) is 0 Å². The normalized spacial score (nSPS) is 53.4. The molecule has 2 saturated carbocycles. The second-order valence-electron chi connectivity index (χ2n) is 6.32. The summed E-state index contributed by atoms with van der Waals surface area (Å²) in [6.45, 7) is 0. The average Bonchev–Trinajstić information content (AvgIpc) is 2.49. The van der Waals surface area contributed by atoms with E-state index in [-0.39, 0.29) is 9.24 Å².